The molecule has 26 heavy (non-hydrogen) atoms. The summed E-state index contributed by atoms with van der Waals surface area (Å²) < 4.78 is 40.1. The topological polar surface area (TPSA) is 49.3 Å². The molecule has 1 unspecified atom stereocenters. The Bertz CT molecular complexity index is 797. The summed E-state index contributed by atoms with van der Waals surface area (Å²) in [7, 11) is 3.01. The molecule has 0 saturated carbocycles. The van der Waals surface area contributed by atoms with E-state index in [2.05, 4.69) is 9.97 Å². The summed E-state index contributed by atoms with van der Waals surface area (Å²) in [5, 5.41) is -0.707. The molecule has 9 heteroatoms. The fraction of sp³-hybridized carbons (Fsp3) is 0.353. The highest BCUT2D eigenvalue weighted by atomic mass is 35.5. The minimum absolute atomic E-state index is 0.191. The van der Waals surface area contributed by atoms with E-state index in [-0.39, 0.29) is 11.8 Å². The monoisotopic (exact) mass is 386 g/mol. The molecular weight excluding hydrogens is 369 g/mol. The summed E-state index contributed by atoms with van der Waals surface area (Å²) in [4.78, 5) is 22.3. The highest BCUT2D eigenvalue weighted by Crippen LogP contribution is 2.40. The molecule has 0 N–H and O–H groups in total. The Hall–Kier alpha value is -2.35. The number of aromatic nitrogens is 2. The Kier molecular flexibility index (Phi) is 5.75. The maximum absolute atomic E-state index is 13.4. The van der Waals surface area contributed by atoms with Gasteiger partial charge < -0.3 is 4.90 Å². The normalized spacial score (nSPS) is 12.6. The lowest BCUT2D eigenvalue weighted by atomic mass is 10.1. The van der Waals surface area contributed by atoms with Gasteiger partial charge in [-0.1, -0.05) is 41.9 Å². The minimum atomic E-state index is -4.78. The van der Waals surface area contributed by atoms with Gasteiger partial charge in [-0.25, -0.2) is 4.98 Å². The van der Waals surface area contributed by atoms with Gasteiger partial charge in [-0.2, -0.15) is 18.2 Å². The molecule has 0 fully saturated rings. The average molecular weight is 387 g/mol. The maximum Gasteiger partial charge on any atom is 0.435 e. The number of rotatable bonds is 4. The van der Waals surface area contributed by atoms with Crippen LogP contribution in [0.4, 0.5) is 24.9 Å². The first-order valence-corrected chi connectivity index (χ1v) is 8.08. The van der Waals surface area contributed by atoms with Gasteiger partial charge >= 0.3 is 6.18 Å². The first-order valence-electron chi connectivity index (χ1n) is 7.70. The number of nitrogens with zero attached hydrogens (tertiary/aromatic N) is 4. The molecule has 5 nitrogen and oxygen atoms in total. The highest BCUT2D eigenvalue weighted by molar-refractivity contribution is 6.34. The number of amides is 1. The zero-order chi connectivity index (χ0) is 19.6. The lowest BCUT2D eigenvalue weighted by Crippen LogP contribution is -2.34. The Morgan fingerprint density at radius 3 is 2.19 bits per heavy atom. The van der Waals surface area contributed by atoms with Crippen molar-refractivity contribution in [1.29, 1.82) is 0 Å². The first-order chi connectivity index (χ1) is 12.0. The molecule has 0 spiro atoms. The number of carbonyl (C=O) groups is 1. The Balaban J connectivity index is 2.69. The first kappa shape index (κ1) is 20.0. The zero-order valence-electron chi connectivity index (χ0n) is 14.7. The molecule has 2 rings (SSSR count). The van der Waals surface area contributed by atoms with E-state index < -0.39 is 28.8 Å². The summed E-state index contributed by atoms with van der Waals surface area (Å²) >= 11 is 5.98. The van der Waals surface area contributed by atoms with E-state index in [0.29, 0.717) is 0 Å². The fourth-order valence-electron chi connectivity index (χ4n) is 2.46. The van der Waals surface area contributed by atoms with Crippen LogP contribution < -0.4 is 9.80 Å². The van der Waals surface area contributed by atoms with Crippen LogP contribution in [0.5, 0.6) is 0 Å². The van der Waals surface area contributed by atoms with Gasteiger partial charge in [0.15, 0.2) is 11.5 Å². The number of anilines is 2. The third-order valence-electron chi connectivity index (χ3n) is 3.73. The van der Waals surface area contributed by atoms with Gasteiger partial charge in [-0.05, 0) is 12.5 Å². The number of halogens is 4. The third-order valence-corrected chi connectivity index (χ3v) is 4.08. The van der Waals surface area contributed by atoms with Crippen molar-refractivity contribution in [1.82, 2.24) is 9.97 Å². The van der Waals surface area contributed by atoms with Gasteiger partial charge in [0.05, 0.1) is 6.04 Å². The van der Waals surface area contributed by atoms with E-state index >= 15 is 0 Å². The van der Waals surface area contributed by atoms with Gasteiger partial charge in [0.25, 0.3) is 0 Å². The van der Waals surface area contributed by atoms with Gasteiger partial charge in [-0.15, -0.1) is 0 Å². The SMILES string of the molecule is CC(=O)N(c1nc(N(C)C)nc(C(F)(F)F)c1Cl)C(C)c1ccccc1. The van der Waals surface area contributed by atoms with Gasteiger partial charge in [-0.3, -0.25) is 9.69 Å². The van der Waals surface area contributed by atoms with Gasteiger partial charge in [0, 0.05) is 21.0 Å². The van der Waals surface area contributed by atoms with Crippen LogP contribution in [-0.4, -0.2) is 30.0 Å². The number of hydrogen-bond donors (Lipinski definition) is 0. The van der Waals surface area contributed by atoms with Crippen LogP contribution in [0.1, 0.15) is 31.1 Å². The summed E-state index contributed by atoms with van der Waals surface area (Å²) in [6.45, 7) is 2.94. The molecule has 1 atom stereocenters. The lowest BCUT2D eigenvalue weighted by molar-refractivity contribution is -0.141. The predicted molar refractivity (Wildman–Crippen MR) is 94.4 cm³/mol. The standard InChI is InChI=1S/C17H18ClF3N4O/c1-10(12-8-6-5-7-9-12)25(11(2)26)15-13(18)14(17(19,20)21)22-16(23-15)24(3)4/h5-10H,1-4H3. The van der Waals surface area contributed by atoms with Crippen molar-refractivity contribution in [3.63, 3.8) is 0 Å². The highest BCUT2D eigenvalue weighted by Gasteiger charge is 2.39. The second kappa shape index (κ2) is 7.49. The number of hydrogen-bond acceptors (Lipinski definition) is 4. The molecule has 1 aromatic heterocycles. The largest absolute Gasteiger partial charge is 0.435 e. The van der Waals surface area contributed by atoms with Gasteiger partial charge in [0.1, 0.15) is 5.02 Å². The molecule has 1 heterocycles. The molecule has 0 bridgehead atoms. The Labute approximate surface area is 154 Å². The fourth-order valence-corrected chi connectivity index (χ4v) is 2.74. The number of carbonyl (C=O) groups excluding carboxylic acids is 1. The third kappa shape index (κ3) is 4.07. The van der Waals surface area contributed by atoms with Crippen LogP contribution in [0.3, 0.4) is 0 Å². The average Bonchev–Trinajstić information content (AvgIpc) is 2.55. The van der Waals surface area contributed by atoms with Crippen LogP contribution in [0.25, 0.3) is 0 Å². The second-order valence-corrected chi connectivity index (χ2v) is 6.26. The van der Waals surface area contributed by atoms with E-state index in [1.54, 1.807) is 37.3 Å². The smallest absolute Gasteiger partial charge is 0.347 e. The lowest BCUT2D eigenvalue weighted by Gasteiger charge is -2.29. The van der Waals surface area contributed by atoms with E-state index in [0.717, 1.165) is 10.5 Å². The quantitative estimate of drug-likeness (QED) is 0.784. The van der Waals surface area contributed by atoms with Crippen molar-refractivity contribution in [2.24, 2.45) is 0 Å². The summed E-state index contributed by atoms with van der Waals surface area (Å²) in [5.74, 6) is -0.954. The molecule has 0 radical (unpaired) electrons. The summed E-state index contributed by atoms with van der Waals surface area (Å²) in [6, 6.07) is 8.33. The van der Waals surface area contributed by atoms with Crippen molar-refractivity contribution < 1.29 is 18.0 Å². The van der Waals surface area contributed by atoms with Crippen LogP contribution >= 0.6 is 11.6 Å². The Morgan fingerprint density at radius 2 is 1.73 bits per heavy atom. The van der Waals surface area contributed by atoms with E-state index in [1.165, 1.54) is 25.9 Å². The van der Waals surface area contributed by atoms with E-state index in [9.17, 15) is 18.0 Å². The summed E-state index contributed by atoms with van der Waals surface area (Å²) in [6.07, 6.45) is -4.78. The Morgan fingerprint density at radius 1 is 1.15 bits per heavy atom. The molecule has 140 valence electrons. The molecule has 0 saturated heterocycles. The van der Waals surface area contributed by atoms with Crippen molar-refractivity contribution in [3.05, 3.63) is 46.6 Å². The molecule has 0 aliphatic rings. The maximum atomic E-state index is 13.4. The van der Waals surface area contributed by atoms with Gasteiger partial charge in [0.2, 0.25) is 11.9 Å². The predicted octanol–water partition coefficient (Wildman–Crippen LogP) is 4.33. The van der Waals surface area contributed by atoms with Crippen LogP contribution in [0, 0.1) is 0 Å². The molecule has 1 amide bonds. The molecule has 2 aromatic rings. The van der Waals surface area contributed by atoms with Crippen LogP contribution in [0.2, 0.25) is 5.02 Å². The van der Waals surface area contributed by atoms with Crippen molar-refractivity contribution in [2.45, 2.75) is 26.1 Å². The minimum Gasteiger partial charge on any atom is -0.347 e. The number of alkyl halides is 3. The molecule has 0 aliphatic heterocycles. The van der Waals surface area contributed by atoms with Crippen LogP contribution in [0.15, 0.2) is 30.3 Å². The van der Waals surface area contributed by atoms with Crippen molar-refractivity contribution >= 4 is 29.3 Å². The van der Waals surface area contributed by atoms with E-state index in [4.69, 9.17) is 11.6 Å². The molecule has 1 aromatic carbocycles. The molecular formula is C17H18ClF3N4O. The zero-order valence-corrected chi connectivity index (χ0v) is 15.4. The summed E-state index contributed by atoms with van der Waals surface area (Å²) in [5.41, 5.74) is -0.545. The van der Waals surface area contributed by atoms with Crippen molar-refractivity contribution in [2.75, 3.05) is 23.9 Å². The van der Waals surface area contributed by atoms with Crippen LogP contribution in [-0.2, 0) is 11.0 Å². The van der Waals surface area contributed by atoms with Crippen molar-refractivity contribution in [3.8, 4) is 0 Å². The molecule has 0 aliphatic carbocycles. The second-order valence-electron chi connectivity index (χ2n) is 5.88. The van der Waals surface area contributed by atoms with E-state index in [1.807, 2.05) is 0 Å². The number of benzene rings is 1.